The Morgan fingerprint density at radius 1 is 1.17 bits per heavy atom. The monoisotopic (exact) mass is 325 g/mol. The first-order chi connectivity index (χ1) is 10.9. The van der Waals surface area contributed by atoms with Gasteiger partial charge in [0.2, 0.25) is 5.91 Å². The highest BCUT2D eigenvalue weighted by Gasteiger charge is 2.36. The molecule has 1 aromatic carbocycles. The highest BCUT2D eigenvalue weighted by Crippen LogP contribution is 2.37. The lowest BCUT2D eigenvalue weighted by molar-refractivity contribution is -0.137. The number of carbonyl (C=O) groups is 1. The smallest absolute Gasteiger partial charge is 0.355 e. The van der Waals surface area contributed by atoms with Crippen molar-refractivity contribution in [1.29, 1.82) is 0 Å². The lowest BCUT2D eigenvalue weighted by Gasteiger charge is -2.32. The zero-order chi connectivity index (χ0) is 16.9. The van der Waals surface area contributed by atoms with Gasteiger partial charge in [-0.1, -0.05) is 37.5 Å². The zero-order valence-electron chi connectivity index (χ0n) is 13.1. The predicted octanol–water partition coefficient (Wildman–Crippen LogP) is 4.50. The number of halogens is 3. The summed E-state index contributed by atoms with van der Waals surface area (Å²) in [5, 5.41) is 2.91. The molecule has 0 bridgehead atoms. The fourth-order valence-electron chi connectivity index (χ4n) is 3.06. The number of hydrogen-bond acceptors (Lipinski definition) is 1. The molecule has 0 spiro atoms. The molecule has 1 saturated carbocycles. The predicted molar refractivity (Wildman–Crippen MR) is 83.9 cm³/mol. The second-order valence-corrected chi connectivity index (χ2v) is 6.12. The SMILES string of the molecule is C=CC1(C(=O)NCCc2ccc(C(F)(F)F)cc2)CCCCC1. The Hall–Kier alpha value is -1.78. The first-order valence-corrected chi connectivity index (χ1v) is 7.95. The van der Waals surface area contributed by atoms with E-state index in [1.165, 1.54) is 12.1 Å². The van der Waals surface area contributed by atoms with Gasteiger partial charge in [0.15, 0.2) is 0 Å². The minimum Gasteiger partial charge on any atom is -0.355 e. The van der Waals surface area contributed by atoms with Gasteiger partial charge in [-0.2, -0.15) is 13.2 Å². The van der Waals surface area contributed by atoms with Crippen LogP contribution in [0.3, 0.4) is 0 Å². The summed E-state index contributed by atoms with van der Waals surface area (Å²) in [6.07, 6.45) is 2.79. The van der Waals surface area contributed by atoms with Crippen molar-refractivity contribution in [3.8, 4) is 0 Å². The number of carbonyl (C=O) groups excluding carboxylic acids is 1. The molecule has 1 aliphatic carbocycles. The Morgan fingerprint density at radius 3 is 2.30 bits per heavy atom. The van der Waals surface area contributed by atoms with Crippen molar-refractivity contribution in [2.75, 3.05) is 6.54 Å². The Morgan fingerprint density at radius 2 is 1.78 bits per heavy atom. The molecule has 1 amide bonds. The van der Waals surface area contributed by atoms with E-state index in [0.717, 1.165) is 49.8 Å². The maximum atomic E-state index is 12.5. The molecular weight excluding hydrogens is 303 g/mol. The van der Waals surface area contributed by atoms with Crippen LogP contribution >= 0.6 is 0 Å². The lowest BCUT2D eigenvalue weighted by Crippen LogP contribution is -2.41. The summed E-state index contributed by atoms with van der Waals surface area (Å²) in [6, 6.07) is 5.06. The highest BCUT2D eigenvalue weighted by molar-refractivity contribution is 5.84. The number of alkyl halides is 3. The summed E-state index contributed by atoms with van der Waals surface area (Å²) in [5.74, 6) is -0.0147. The molecule has 1 fully saturated rings. The van der Waals surface area contributed by atoms with Gasteiger partial charge in [0.25, 0.3) is 0 Å². The maximum absolute atomic E-state index is 12.5. The number of hydrogen-bond donors (Lipinski definition) is 1. The van der Waals surface area contributed by atoms with Gasteiger partial charge in [-0.15, -0.1) is 6.58 Å². The van der Waals surface area contributed by atoms with E-state index in [1.54, 1.807) is 6.08 Å². The summed E-state index contributed by atoms with van der Waals surface area (Å²) >= 11 is 0. The van der Waals surface area contributed by atoms with Crippen LogP contribution in [-0.4, -0.2) is 12.5 Å². The first-order valence-electron chi connectivity index (χ1n) is 7.95. The maximum Gasteiger partial charge on any atom is 0.416 e. The molecule has 1 N–H and O–H groups in total. The third-order valence-corrected chi connectivity index (χ3v) is 4.57. The Kier molecular flexibility index (Phi) is 5.50. The van der Waals surface area contributed by atoms with Crippen molar-refractivity contribution in [1.82, 2.24) is 5.32 Å². The van der Waals surface area contributed by atoms with Crippen molar-refractivity contribution in [3.05, 3.63) is 48.0 Å². The van der Waals surface area contributed by atoms with Crippen molar-refractivity contribution in [2.24, 2.45) is 5.41 Å². The van der Waals surface area contributed by atoms with Crippen LogP contribution in [0.1, 0.15) is 43.2 Å². The minimum absolute atomic E-state index is 0.0147. The molecule has 0 saturated heterocycles. The molecule has 1 aliphatic rings. The molecule has 0 atom stereocenters. The fourth-order valence-corrected chi connectivity index (χ4v) is 3.06. The van der Waals surface area contributed by atoms with E-state index in [4.69, 9.17) is 0 Å². The third kappa shape index (κ3) is 4.36. The second kappa shape index (κ2) is 7.20. The minimum atomic E-state index is -4.32. The highest BCUT2D eigenvalue weighted by atomic mass is 19.4. The van der Waals surface area contributed by atoms with Crippen molar-refractivity contribution >= 4 is 5.91 Å². The summed E-state index contributed by atoms with van der Waals surface area (Å²) in [6.45, 7) is 4.23. The van der Waals surface area contributed by atoms with Crippen LogP contribution in [0.2, 0.25) is 0 Å². The van der Waals surface area contributed by atoms with Gasteiger partial charge >= 0.3 is 6.18 Å². The van der Waals surface area contributed by atoms with Gasteiger partial charge < -0.3 is 5.32 Å². The molecule has 0 heterocycles. The fraction of sp³-hybridized carbons (Fsp3) is 0.500. The van der Waals surface area contributed by atoms with E-state index in [9.17, 15) is 18.0 Å². The van der Waals surface area contributed by atoms with E-state index >= 15 is 0 Å². The summed E-state index contributed by atoms with van der Waals surface area (Å²) in [5.41, 5.74) is -0.356. The lowest BCUT2D eigenvalue weighted by atomic mass is 9.73. The van der Waals surface area contributed by atoms with Crippen LogP contribution in [0.15, 0.2) is 36.9 Å². The van der Waals surface area contributed by atoms with Gasteiger partial charge in [0.05, 0.1) is 11.0 Å². The molecule has 0 aliphatic heterocycles. The van der Waals surface area contributed by atoms with Crippen LogP contribution in [0.25, 0.3) is 0 Å². The van der Waals surface area contributed by atoms with E-state index < -0.39 is 17.2 Å². The quantitative estimate of drug-likeness (QED) is 0.794. The molecule has 0 radical (unpaired) electrons. The van der Waals surface area contributed by atoms with Gasteiger partial charge in [0, 0.05) is 6.54 Å². The molecule has 0 aromatic heterocycles. The average molecular weight is 325 g/mol. The van der Waals surface area contributed by atoms with Crippen molar-refractivity contribution in [2.45, 2.75) is 44.7 Å². The van der Waals surface area contributed by atoms with Crippen LogP contribution in [0.4, 0.5) is 13.2 Å². The standard InChI is InChI=1S/C18H22F3NO/c1-2-17(11-4-3-5-12-17)16(23)22-13-10-14-6-8-15(9-7-14)18(19,20)21/h2,6-9H,1,3-5,10-13H2,(H,22,23). The molecular formula is C18H22F3NO. The van der Waals surface area contributed by atoms with Crippen LogP contribution in [0, 0.1) is 5.41 Å². The van der Waals surface area contributed by atoms with E-state index in [2.05, 4.69) is 11.9 Å². The first kappa shape index (κ1) is 17.6. The second-order valence-electron chi connectivity index (χ2n) is 6.12. The van der Waals surface area contributed by atoms with Crippen LogP contribution < -0.4 is 5.32 Å². The topological polar surface area (TPSA) is 29.1 Å². The number of amides is 1. The van der Waals surface area contributed by atoms with Crippen LogP contribution in [0.5, 0.6) is 0 Å². The Balaban J connectivity index is 1.87. The number of benzene rings is 1. The van der Waals surface area contributed by atoms with E-state index in [1.807, 2.05) is 0 Å². The van der Waals surface area contributed by atoms with Gasteiger partial charge in [-0.25, -0.2) is 0 Å². The zero-order valence-corrected chi connectivity index (χ0v) is 13.1. The number of rotatable bonds is 5. The average Bonchev–Trinajstić information content (AvgIpc) is 2.55. The van der Waals surface area contributed by atoms with Crippen LogP contribution in [-0.2, 0) is 17.4 Å². The largest absolute Gasteiger partial charge is 0.416 e. The summed E-state index contributed by atoms with van der Waals surface area (Å²) in [4.78, 5) is 12.4. The van der Waals surface area contributed by atoms with Gasteiger partial charge in [0.1, 0.15) is 0 Å². The van der Waals surface area contributed by atoms with E-state index in [0.29, 0.717) is 13.0 Å². The number of nitrogens with one attached hydrogen (secondary N) is 1. The molecule has 2 nitrogen and oxygen atoms in total. The molecule has 5 heteroatoms. The van der Waals surface area contributed by atoms with Crippen molar-refractivity contribution in [3.63, 3.8) is 0 Å². The van der Waals surface area contributed by atoms with Crippen molar-refractivity contribution < 1.29 is 18.0 Å². The van der Waals surface area contributed by atoms with E-state index in [-0.39, 0.29) is 5.91 Å². The summed E-state index contributed by atoms with van der Waals surface area (Å²) in [7, 11) is 0. The normalized spacial score (nSPS) is 17.5. The Bertz CT molecular complexity index is 542. The summed E-state index contributed by atoms with van der Waals surface area (Å²) < 4.78 is 37.5. The molecule has 126 valence electrons. The van der Waals surface area contributed by atoms with Gasteiger partial charge in [-0.3, -0.25) is 4.79 Å². The third-order valence-electron chi connectivity index (χ3n) is 4.57. The Labute approximate surface area is 134 Å². The van der Waals surface area contributed by atoms with Gasteiger partial charge in [-0.05, 0) is 37.0 Å². The molecule has 23 heavy (non-hydrogen) atoms. The molecule has 2 rings (SSSR count). The molecule has 0 unspecified atom stereocenters. The molecule has 1 aromatic rings.